The van der Waals surface area contributed by atoms with E-state index in [0.29, 0.717) is 65.9 Å². The summed E-state index contributed by atoms with van der Waals surface area (Å²) in [6, 6.07) is 0. The number of amides is 5. The molecule has 3 saturated heterocycles. The molecule has 0 radical (unpaired) electrons. The highest BCUT2D eigenvalue weighted by Crippen LogP contribution is 2.42. The van der Waals surface area contributed by atoms with E-state index < -0.39 is 23.9 Å². The van der Waals surface area contributed by atoms with Crippen molar-refractivity contribution in [3.63, 3.8) is 0 Å². The summed E-state index contributed by atoms with van der Waals surface area (Å²) in [5.74, 6) is 0.434. The molecule has 3 aliphatic heterocycles. The summed E-state index contributed by atoms with van der Waals surface area (Å²) in [5, 5.41) is 23.6. The molecule has 0 aromatic carbocycles. The van der Waals surface area contributed by atoms with Crippen LogP contribution in [0.25, 0.3) is 0 Å². The SMILES string of the molecule is CC(=O)CCl.CC(C)(C)OC(=O)NCC1(CCC(=O)CO)CCCC1.CC(C)(C)OC(=O)NCC1(N)CCCC1.COCN1CC(=O)NCC12CCCC2.COCN1CC2(CCCC2)N(COC)CC1=O.NCC1(N)CCCC1.O=C1CNC2(CCCC2)CN1. The third-order valence-electron chi connectivity index (χ3n) is 18.7. The van der Waals surface area contributed by atoms with Gasteiger partial charge in [0.15, 0.2) is 5.78 Å². The second kappa shape index (κ2) is 39.1. The first kappa shape index (κ1) is 80.4. The third-order valence-corrected chi connectivity index (χ3v) is 19.1. The van der Waals surface area contributed by atoms with Crippen LogP contribution in [-0.2, 0) is 47.7 Å². The van der Waals surface area contributed by atoms with Crippen LogP contribution in [0.5, 0.6) is 0 Å². The van der Waals surface area contributed by atoms with E-state index >= 15 is 0 Å². The van der Waals surface area contributed by atoms with Gasteiger partial charge in [-0.15, -0.1) is 11.6 Å². The van der Waals surface area contributed by atoms with Crippen molar-refractivity contribution >= 4 is 53.1 Å². The number of carbonyl (C=O) groups is 7. The number of alkyl halides is 1. The summed E-state index contributed by atoms with van der Waals surface area (Å²) in [6.45, 7) is 19.2. The first-order chi connectivity index (χ1) is 42.4. The van der Waals surface area contributed by atoms with Gasteiger partial charge < -0.3 is 77.5 Å². The zero-order chi connectivity index (χ0) is 67.1. The van der Waals surface area contributed by atoms with Crippen molar-refractivity contribution in [3.8, 4) is 0 Å². The molecule has 5 amide bonds. The van der Waals surface area contributed by atoms with Crippen molar-refractivity contribution in [2.75, 3.05) is 113 Å². The molecule has 522 valence electrons. The molecule has 12 N–H and O–H groups in total. The Labute approximate surface area is 544 Å². The Hall–Kier alpha value is -3.82. The Kier molecular flexibility index (Phi) is 35.0. The Morgan fingerprint density at radius 3 is 1.47 bits per heavy atom. The number of hydrogen-bond donors (Lipinski definition) is 9. The van der Waals surface area contributed by atoms with E-state index in [-0.39, 0.29) is 74.4 Å². The standard InChI is InChI=1S/C15H27NO4.C12H22N2O3.C11H22N2O2.C10H18N2O2.C8H14N2O.C6H14N2.C3H5ClO/c1-14(2,3)20-13(19)16-11-15(7-4-5-8-15)9-6-12(18)10-17;1-16-9-13-8-12(5-3-4-6-12)14(10-17-2)7-11(13)15;1-10(2,3)15-9(14)13-8-11(12)6-4-5-7-11;1-14-8-12-6-9(13)11-7-10(12)4-2-3-5-10;11-7-5-10-8(6-9-7)3-1-2-4-8;7-5-6(8)3-1-2-4-6;1-3(5)2-4/h17H,4-11H2,1-3H3,(H,16,19);3-10H2,1-2H3;4-8,12H2,1-3H3,(H,13,14);2-8H2,1H3,(H,11,13);10H,1-6H2,(H,9,11);1-5,7-8H2;2H2,1H3. The van der Waals surface area contributed by atoms with Crippen LogP contribution in [-0.4, -0.2) is 213 Å². The van der Waals surface area contributed by atoms with Gasteiger partial charge in [0, 0.05) is 94.7 Å². The van der Waals surface area contributed by atoms with Crippen molar-refractivity contribution in [1.82, 2.24) is 41.3 Å². The summed E-state index contributed by atoms with van der Waals surface area (Å²) in [4.78, 5) is 84.3. The van der Waals surface area contributed by atoms with Gasteiger partial charge in [-0.25, -0.2) is 9.59 Å². The van der Waals surface area contributed by atoms with Crippen LogP contribution in [0.1, 0.15) is 215 Å². The second-order valence-corrected chi connectivity index (χ2v) is 29.1. The molecule has 9 aliphatic rings. The fourth-order valence-electron chi connectivity index (χ4n) is 13.6. The molecule has 0 bridgehead atoms. The maximum absolute atomic E-state index is 12.0. The number of nitrogens with two attached hydrogens (primary N) is 3. The predicted molar refractivity (Wildman–Crippen MR) is 350 cm³/mol. The van der Waals surface area contributed by atoms with Gasteiger partial charge in [-0.05, 0) is 137 Å². The van der Waals surface area contributed by atoms with Crippen molar-refractivity contribution in [2.45, 2.75) is 254 Å². The summed E-state index contributed by atoms with van der Waals surface area (Å²) < 4.78 is 25.9. The predicted octanol–water partition coefficient (Wildman–Crippen LogP) is 6.23. The van der Waals surface area contributed by atoms with Gasteiger partial charge in [-0.2, -0.15) is 0 Å². The quantitative estimate of drug-likeness (QED) is 0.0773. The number of ether oxygens (including phenoxy) is 5. The van der Waals surface area contributed by atoms with E-state index in [9.17, 15) is 33.6 Å². The van der Waals surface area contributed by atoms with Gasteiger partial charge in [0.05, 0.1) is 39.0 Å². The van der Waals surface area contributed by atoms with Crippen LogP contribution >= 0.6 is 11.6 Å². The number of Topliss-reactive ketones (excluding diaryl/α,β-unsaturated/α-hetero) is 2. The average Bonchev–Trinajstić information content (AvgIpc) is 1.48. The van der Waals surface area contributed by atoms with Gasteiger partial charge in [-0.3, -0.25) is 33.8 Å². The minimum Gasteiger partial charge on any atom is -0.444 e. The minimum absolute atomic E-state index is 0.0122. The van der Waals surface area contributed by atoms with Crippen molar-refractivity contribution in [3.05, 3.63) is 0 Å². The number of piperazine rings is 3. The van der Waals surface area contributed by atoms with Crippen LogP contribution in [0.15, 0.2) is 0 Å². The molecule has 90 heavy (non-hydrogen) atoms. The lowest BCUT2D eigenvalue weighted by molar-refractivity contribution is -0.155. The molecule has 0 atom stereocenters. The second-order valence-electron chi connectivity index (χ2n) is 28.8. The van der Waals surface area contributed by atoms with Crippen LogP contribution < -0.4 is 43.8 Å². The smallest absolute Gasteiger partial charge is 0.407 e. The minimum atomic E-state index is -0.500. The number of hydrogen-bond acceptors (Lipinski definition) is 19. The van der Waals surface area contributed by atoms with E-state index in [0.717, 1.165) is 103 Å². The van der Waals surface area contributed by atoms with Crippen molar-refractivity contribution < 1.29 is 62.4 Å². The van der Waals surface area contributed by atoms with Crippen LogP contribution in [0, 0.1) is 5.41 Å². The number of rotatable bonds is 16. The number of ketones is 2. The van der Waals surface area contributed by atoms with Crippen molar-refractivity contribution in [1.29, 1.82) is 0 Å². The zero-order valence-electron chi connectivity index (χ0n) is 57.1. The highest BCUT2D eigenvalue weighted by molar-refractivity contribution is 6.27. The molecule has 0 aromatic rings. The maximum atomic E-state index is 12.0. The number of halogens is 1. The topological polar surface area (TPSA) is 334 Å². The highest BCUT2D eigenvalue weighted by Gasteiger charge is 2.47. The normalized spacial score (nSPS) is 22.4. The molecular formula is C65H122ClN11O13. The molecule has 0 unspecified atom stereocenters. The van der Waals surface area contributed by atoms with E-state index in [1.807, 2.05) is 46.4 Å². The molecule has 0 aromatic heterocycles. The summed E-state index contributed by atoms with van der Waals surface area (Å²) in [6.07, 6.45) is 28.5. The van der Waals surface area contributed by atoms with Crippen LogP contribution in [0.4, 0.5) is 9.59 Å². The molecule has 3 spiro atoms. The van der Waals surface area contributed by atoms with Gasteiger partial charge >= 0.3 is 12.2 Å². The number of carbonyl (C=O) groups excluding carboxylic acids is 7. The Balaban J connectivity index is 0.000000282. The number of alkyl carbamates (subject to hydrolysis) is 2. The number of methoxy groups -OCH3 is 3. The molecule has 9 fully saturated rings. The average molecular weight is 1300 g/mol. The summed E-state index contributed by atoms with van der Waals surface area (Å²) >= 11 is 4.99. The van der Waals surface area contributed by atoms with Crippen LogP contribution in [0.3, 0.4) is 0 Å². The third kappa shape index (κ3) is 29.2. The molecule has 6 aliphatic carbocycles. The Morgan fingerprint density at radius 1 is 0.600 bits per heavy atom. The zero-order valence-corrected chi connectivity index (χ0v) is 57.8. The first-order valence-corrected chi connectivity index (χ1v) is 33.9. The van der Waals surface area contributed by atoms with Crippen LogP contribution in [0.2, 0.25) is 0 Å². The summed E-state index contributed by atoms with van der Waals surface area (Å²) in [5.41, 5.74) is 16.8. The largest absolute Gasteiger partial charge is 0.444 e. The number of aliphatic hydroxyl groups excluding tert-OH is 1. The van der Waals surface area contributed by atoms with E-state index in [1.54, 1.807) is 21.3 Å². The molecule has 6 saturated carbocycles. The number of nitrogens with one attached hydrogen (secondary N) is 5. The Bertz CT molecular complexity index is 2150. The lowest BCUT2D eigenvalue weighted by Gasteiger charge is -2.48. The molecule has 25 heteroatoms. The molecule has 3 heterocycles. The number of aliphatic hydroxyl groups is 1. The summed E-state index contributed by atoms with van der Waals surface area (Å²) in [7, 11) is 5.01. The molecule has 24 nitrogen and oxygen atoms in total. The fraction of sp³-hybridized carbons (Fsp3) is 0.892. The van der Waals surface area contributed by atoms with E-state index in [1.165, 1.54) is 84.0 Å². The lowest BCUT2D eigenvalue weighted by Crippen LogP contribution is -2.63. The fourth-order valence-corrected chi connectivity index (χ4v) is 13.6. The van der Waals surface area contributed by atoms with Gasteiger partial charge in [-0.1, -0.05) is 77.0 Å². The van der Waals surface area contributed by atoms with Gasteiger partial charge in [0.25, 0.3) is 0 Å². The lowest BCUT2D eigenvalue weighted by atomic mass is 9.81. The Morgan fingerprint density at radius 2 is 1.03 bits per heavy atom. The van der Waals surface area contributed by atoms with Crippen molar-refractivity contribution in [2.24, 2.45) is 22.6 Å². The van der Waals surface area contributed by atoms with E-state index in [2.05, 4.69) is 36.4 Å². The van der Waals surface area contributed by atoms with Gasteiger partial charge in [0.1, 0.15) is 30.3 Å². The highest BCUT2D eigenvalue weighted by atomic mass is 35.5. The number of nitrogens with zero attached hydrogens (tertiary/aromatic N) is 3. The van der Waals surface area contributed by atoms with Gasteiger partial charge in [0.2, 0.25) is 17.7 Å². The van der Waals surface area contributed by atoms with E-state index in [4.69, 9.17) is 57.6 Å². The molecule has 9 rings (SSSR count). The maximum Gasteiger partial charge on any atom is 0.407 e. The molecular weight excluding hydrogens is 1180 g/mol. The first-order valence-electron chi connectivity index (χ1n) is 33.3. The monoisotopic (exact) mass is 1300 g/mol.